The largest absolute Gasteiger partial charge is 0.478 e. The van der Waals surface area contributed by atoms with E-state index in [1.165, 1.54) is 30.6 Å². The third kappa shape index (κ3) is 6.51. The van der Waals surface area contributed by atoms with Crippen LogP contribution in [0.15, 0.2) is 59.9 Å². The van der Waals surface area contributed by atoms with Gasteiger partial charge in [-0.05, 0) is 42.3 Å². The van der Waals surface area contributed by atoms with Gasteiger partial charge >= 0.3 is 12.1 Å². The molecule has 0 spiro atoms. The average molecular weight is 338 g/mol. The van der Waals surface area contributed by atoms with Crippen LogP contribution < -0.4 is 5.32 Å². The van der Waals surface area contributed by atoms with E-state index >= 15 is 0 Å². The van der Waals surface area contributed by atoms with Crippen molar-refractivity contribution in [3.63, 3.8) is 0 Å². The summed E-state index contributed by atoms with van der Waals surface area (Å²) in [6.07, 6.45) is 2.14. The predicted molar refractivity (Wildman–Crippen MR) is 86.6 cm³/mol. The lowest BCUT2D eigenvalue weighted by molar-refractivity contribution is -0.137. The molecule has 1 aromatic rings. The highest BCUT2D eigenvalue weighted by Gasteiger charge is 2.30. The van der Waals surface area contributed by atoms with Gasteiger partial charge in [0.1, 0.15) is 0 Å². The number of aliphatic imine (C=N–C) groups is 1. The highest BCUT2D eigenvalue weighted by atomic mass is 19.4. The molecule has 1 aromatic carbocycles. The minimum atomic E-state index is -4.43. The number of nitrogens with one attached hydrogen (secondary N) is 1. The first-order chi connectivity index (χ1) is 11.2. The van der Waals surface area contributed by atoms with Gasteiger partial charge in [0.05, 0.1) is 5.56 Å². The van der Waals surface area contributed by atoms with Crippen LogP contribution in [-0.2, 0) is 17.5 Å². The third-order valence-electron chi connectivity index (χ3n) is 2.99. The first-order valence-electron chi connectivity index (χ1n) is 6.90. The Morgan fingerprint density at radius 2 is 2.12 bits per heavy atom. The number of rotatable bonds is 7. The topological polar surface area (TPSA) is 61.7 Å². The van der Waals surface area contributed by atoms with Crippen LogP contribution in [0.4, 0.5) is 13.2 Å². The number of aryl methyl sites for hydroxylation is 1. The van der Waals surface area contributed by atoms with E-state index in [9.17, 15) is 18.0 Å². The number of carboxylic acid groups (broad SMARTS) is 1. The normalized spacial score (nSPS) is 12.8. The number of hydrogen-bond donors (Lipinski definition) is 2. The second kappa shape index (κ2) is 8.71. The minimum absolute atomic E-state index is 0.0534. The third-order valence-corrected chi connectivity index (χ3v) is 2.99. The molecular formula is C17H17F3N2O2. The lowest BCUT2D eigenvalue weighted by Gasteiger charge is -2.13. The smallest absolute Gasteiger partial charge is 0.416 e. The van der Waals surface area contributed by atoms with Gasteiger partial charge in [0.25, 0.3) is 0 Å². The average Bonchev–Trinajstić information content (AvgIpc) is 2.48. The number of carbonyl (C=O) groups is 1. The molecule has 128 valence electrons. The number of nitrogens with zero attached hydrogens (tertiary/aromatic N) is 1. The second-order valence-electron chi connectivity index (χ2n) is 4.77. The van der Waals surface area contributed by atoms with Crippen molar-refractivity contribution in [1.82, 2.24) is 5.32 Å². The maximum atomic E-state index is 12.8. The summed E-state index contributed by atoms with van der Waals surface area (Å²) in [7, 11) is 0. The van der Waals surface area contributed by atoms with Crippen LogP contribution in [0.1, 0.15) is 16.7 Å². The van der Waals surface area contributed by atoms with Gasteiger partial charge in [-0.1, -0.05) is 12.6 Å². The predicted octanol–water partition coefficient (Wildman–Crippen LogP) is 3.84. The molecule has 0 radical (unpaired) electrons. The fraction of sp³-hybridized carbons (Fsp3) is 0.176. The van der Waals surface area contributed by atoms with Crippen LogP contribution in [0.3, 0.4) is 0 Å². The molecule has 1 rings (SSSR count). The lowest BCUT2D eigenvalue weighted by Crippen LogP contribution is -2.15. The number of halogens is 3. The fourth-order valence-electron chi connectivity index (χ4n) is 1.78. The Labute approximate surface area is 137 Å². The highest BCUT2D eigenvalue weighted by Crippen LogP contribution is 2.30. The molecule has 0 heterocycles. The van der Waals surface area contributed by atoms with Gasteiger partial charge in [0, 0.05) is 30.7 Å². The summed E-state index contributed by atoms with van der Waals surface area (Å²) in [5.41, 5.74) is 0.578. The Hall–Kier alpha value is -2.83. The molecule has 0 amide bonds. The van der Waals surface area contributed by atoms with E-state index in [1.54, 1.807) is 6.92 Å². The van der Waals surface area contributed by atoms with Crippen molar-refractivity contribution < 1.29 is 23.1 Å². The standard InChI is InChI=1S/C17H17F3N2O2/c1-3-21-8-4-5-15(10-16(23)24)22-11-13-9-14(17(18,19)20)7-6-12(13)2/h3-10,22H,1,11H2,2H3,(H,23,24)/b5-4-,15-10-,21-8+. The maximum Gasteiger partial charge on any atom is 0.416 e. The lowest BCUT2D eigenvalue weighted by atomic mass is 10.0. The van der Waals surface area contributed by atoms with Gasteiger partial charge in [-0.3, -0.25) is 4.99 Å². The van der Waals surface area contributed by atoms with Crippen LogP contribution in [0.25, 0.3) is 0 Å². The molecule has 0 unspecified atom stereocenters. The monoisotopic (exact) mass is 338 g/mol. The van der Waals surface area contributed by atoms with Crippen molar-refractivity contribution in [3.8, 4) is 0 Å². The maximum absolute atomic E-state index is 12.8. The summed E-state index contributed by atoms with van der Waals surface area (Å²) in [5, 5.41) is 11.6. The number of hydrogen-bond acceptors (Lipinski definition) is 3. The van der Waals surface area contributed by atoms with Crippen LogP contribution in [0.2, 0.25) is 0 Å². The molecule has 0 aliphatic rings. The van der Waals surface area contributed by atoms with Crippen molar-refractivity contribution >= 4 is 12.2 Å². The van der Waals surface area contributed by atoms with Gasteiger partial charge in [-0.25, -0.2) is 4.79 Å². The molecule has 2 N–H and O–H groups in total. The zero-order valence-electron chi connectivity index (χ0n) is 13.0. The van der Waals surface area contributed by atoms with Gasteiger partial charge in [0.15, 0.2) is 0 Å². The van der Waals surface area contributed by atoms with E-state index in [-0.39, 0.29) is 12.2 Å². The summed E-state index contributed by atoms with van der Waals surface area (Å²) in [6, 6.07) is 3.44. The van der Waals surface area contributed by atoms with Gasteiger partial charge < -0.3 is 10.4 Å². The molecule has 0 bridgehead atoms. The van der Waals surface area contributed by atoms with Crippen molar-refractivity contribution in [2.24, 2.45) is 4.99 Å². The number of aliphatic carboxylic acids is 1. The minimum Gasteiger partial charge on any atom is -0.478 e. The van der Waals surface area contributed by atoms with E-state index in [4.69, 9.17) is 5.11 Å². The van der Waals surface area contributed by atoms with Gasteiger partial charge in [-0.15, -0.1) is 0 Å². The second-order valence-corrected chi connectivity index (χ2v) is 4.77. The Morgan fingerprint density at radius 1 is 1.42 bits per heavy atom. The molecule has 0 aliphatic heterocycles. The van der Waals surface area contributed by atoms with E-state index in [0.29, 0.717) is 11.1 Å². The van der Waals surface area contributed by atoms with Crippen molar-refractivity contribution in [2.45, 2.75) is 19.6 Å². The molecule has 0 aliphatic carbocycles. The SMILES string of the molecule is C=C/N=C/C=C\C(=C\C(=O)O)NCc1cc(C(F)(F)F)ccc1C. The Kier molecular flexibility index (Phi) is 6.98. The molecular weight excluding hydrogens is 321 g/mol. The van der Waals surface area contributed by atoms with Crippen molar-refractivity contribution in [3.05, 3.63) is 71.6 Å². The van der Waals surface area contributed by atoms with Crippen LogP contribution >= 0.6 is 0 Å². The number of benzene rings is 1. The van der Waals surface area contributed by atoms with Crippen LogP contribution in [0.5, 0.6) is 0 Å². The summed E-state index contributed by atoms with van der Waals surface area (Å²) in [6.45, 7) is 5.13. The number of alkyl halides is 3. The Balaban J connectivity index is 2.94. The molecule has 0 saturated carbocycles. The zero-order valence-corrected chi connectivity index (χ0v) is 13.0. The summed E-state index contributed by atoms with van der Waals surface area (Å²) < 4.78 is 38.3. The van der Waals surface area contributed by atoms with Crippen molar-refractivity contribution in [1.29, 1.82) is 0 Å². The first kappa shape index (κ1) is 19.2. The molecule has 7 heteroatoms. The molecule has 0 saturated heterocycles. The Bertz CT molecular complexity index is 690. The zero-order chi connectivity index (χ0) is 18.2. The van der Waals surface area contributed by atoms with Crippen LogP contribution in [0, 0.1) is 6.92 Å². The number of carboxylic acids is 1. The summed E-state index contributed by atoms with van der Waals surface area (Å²) in [4.78, 5) is 14.5. The molecule has 4 nitrogen and oxygen atoms in total. The van der Waals surface area contributed by atoms with E-state index in [1.807, 2.05) is 0 Å². The van der Waals surface area contributed by atoms with Crippen LogP contribution in [-0.4, -0.2) is 17.3 Å². The molecule has 0 aromatic heterocycles. The first-order valence-corrected chi connectivity index (χ1v) is 6.90. The number of allylic oxidation sites excluding steroid dienone is 2. The van der Waals surface area contributed by atoms with E-state index in [0.717, 1.165) is 18.2 Å². The highest BCUT2D eigenvalue weighted by molar-refractivity contribution is 5.81. The van der Waals surface area contributed by atoms with E-state index in [2.05, 4.69) is 16.9 Å². The fourth-order valence-corrected chi connectivity index (χ4v) is 1.78. The quantitative estimate of drug-likeness (QED) is 0.451. The van der Waals surface area contributed by atoms with Gasteiger partial charge in [0.2, 0.25) is 0 Å². The summed E-state index contributed by atoms with van der Waals surface area (Å²) >= 11 is 0. The van der Waals surface area contributed by atoms with Gasteiger partial charge in [-0.2, -0.15) is 13.2 Å². The van der Waals surface area contributed by atoms with Crippen molar-refractivity contribution in [2.75, 3.05) is 0 Å². The molecule has 0 atom stereocenters. The van der Waals surface area contributed by atoms with E-state index < -0.39 is 17.7 Å². The summed E-state index contributed by atoms with van der Waals surface area (Å²) in [5.74, 6) is -1.18. The Morgan fingerprint density at radius 3 is 2.71 bits per heavy atom. The molecule has 24 heavy (non-hydrogen) atoms. The molecule has 0 fully saturated rings.